The summed E-state index contributed by atoms with van der Waals surface area (Å²) in [6.07, 6.45) is 5.95. The maximum Gasteiger partial charge on any atom is 0.271 e. The van der Waals surface area contributed by atoms with Crippen LogP contribution < -0.4 is 0 Å². The number of nitrogens with zero attached hydrogens (tertiary/aromatic N) is 2. The van der Waals surface area contributed by atoms with Crippen molar-refractivity contribution in [2.24, 2.45) is 5.92 Å². The van der Waals surface area contributed by atoms with Crippen LogP contribution in [0.25, 0.3) is 10.8 Å². The molecule has 2 aromatic rings. The smallest absolute Gasteiger partial charge is 0.271 e. The van der Waals surface area contributed by atoms with Gasteiger partial charge >= 0.3 is 0 Å². The Kier molecular flexibility index (Phi) is 4.03. The lowest BCUT2D eigenvalue weighted by atomic mass is 9.85. The molecule has 1 aliphatic rings. The summed E-state index contributed by atoms with van der Waals surface area (Å²) in [5.41, 5.74) is 0. The summed E-state index contributed by atoms with van der Waals surface area (Å²) in [5, 5.41) is 15.5. The van der Waals surface area contributed by atoms with Gasteiger partial charge in [-0.3, -0.25) is 0 Å². The number of thiophene rings is 1. The molecule has 3 rings (SSSR count). The van der Waals surface area contributed by atoms with Crippen LogP contribution in [-0.2, 0) is 4.74 Å². The van der Waals surface area contributed by atoms with E-state index in [2.05, 4.69) is 10.1 Å². The fourth-order valence-corrected chi connectivity index (χ4v) is 3.56. The zero-order valence-corrected chi connectivity index (χ0v) is 12.2. The third-order valence-corrected chi connectivity index (χ3v) is 4.76. The monoisotopic (exact) mass is 294 g/mol. The van der Waals surface area contributed by atoms with Gasteiger partial charge in [0.2, 0.25) is 5.82 Å². The van der Waals surface area contributed by atoms with E-state index in [1.165, 1.54) is 30.6 Å². The van der Waals surface area contributed by atoms with Crippen molar-refractivity contribution < 1.29 is 14.4 Å². The first-order chi connectivity index (χ1) is 9.79. The second-order valence-electron chi connectivity index (χ2n) is 5.15. The molecule has 108 valence electrons. The van der Waals surface area contributed by atoms with Gasteiger partial charge in [0.05, 0.1) is 0 Å². The minimum atomic E-state index is -0.116. The molecule has 1 N–H and O–H groups in total. The molecule has 1 aliphatic carbocycles. The predicted molar refractivity (Wildman–Crippen MR) is 75.6 cm³/mol. The number of aromatic nitrogens is 2. The Morgan fingerprint density at radius 3 is 2.85 bits per heavy atom. The number of aromatic hydroxyl groups is 1. The molecule has 0 radical (unpaired) electrons. The second-order valence-corrected chi connectivity index (χ2v) is 6.06. The molecule has 0 spiro atoms. The van der Waals surface area contributed by atoms with Crippen LogP contribution in [0.3, 0.4) is 0 Å². The van der Waals surface area contributed by atoms with Crippen molar-refractivity contribution in [1.82, 2.24) is 10.1 Å². The van der Waals surface area contributed by atoms with Crippen molar-refractivity contribution in [3.63, 3.8) is 0 Å². The standard InChI is InChI=1S/C14H18N2O3S/c1-18-11(9-5-3-2-4-6-9)13-15-14(19-16-13)12-10(17)7-8-20-12/h7-9,11,17H,2-6H2,1H3. The van der Waals surface area contributed by atoms with E-state index in [0.717, 1.165) is 12.8 Å². The third-order valence-electron chi connectivity index (χ3n) is 3.87. The average molecular weight is 294 g/mol. The molecule has 1 atom stereocenters. The van der Waals surface area contributed by atoms with Gasteiger partial charge in [-0.25, -0.2) is 0 Å². The molecular weight excluding hydrogens is 276 g/mol. The molecule has 1 saturated carbocycles. The van der Waals surface area contributed by atoms with Gasteiger partial charge in [0.1, 0.15) is 16.7 Å². The van der Waals surface area contributed by atoms with Gasteiger partial charge in [0.15, 0.2) is 0 Å². The largest absolute Gasteiger partial charge is 0.506 e. The van der Waals surface area contributed by atoms with Crippen molar-refractivity contribution >= 4 is 11.3 Å². The summed E-state index contributed by atoms with van der Waals surface area (Å²) in [4.78, 5) is 5.02. The number of rotatable bonds is 4. The molecule has 0 saturated heterocycles. The highest BCUT2D eigenvalue weighted by Gasteiger charge is 2.29. The highest BCUT2D eigenvalue weighted by Crippen LogP contribution is 2.38. The molecule has 20 heavy (non-hydrogen) atoms. The SMILES string of the molecule is COC(c1noc(-c2sccc2O)n1)C1CCCCC1. The molecule has 6 heteroatoms. The van der Waals surface area contributed by atoms with E-state index in [0.29, 0.717) is 22.5 Å². The van der Waals surface area contributed by atoms with Crippen LogP contribution in [0, 0.1) is 5.92 Å². The van der Waals surface area contributed by atoms with Crippen LogP contribution in [0.1, 0.15) is 44.0 Å². The topological polar surface area (TPSA) is 68.4 Å². The average Bonchev–Trinajstić information content (AvgIpc) is 3.10. The second kappa shape index (κ2) is 5.93. The Labute approximate surface area is 121 Å². The van der Waals surface area contributed by atoms with E-state index in [1.54, 1.807) is 18.6 Å². The van der Waals surface area contributed by atoms with Crippen molar-refractivity contribution in [2.45, 2.75) is 38.2 Å². The van der Waals surface area contributed by atoms with Crippen molar-refractivity contribution in [1.29, 1.82) is 0 Å². The molecule has 1 unspecified atom stereocenters. The van der Waals surface area contributed by atoms with Gasteiger partial charge < -0.3 is 14.4 Å². The highest BCUT2D eigenvalue weighted by molar-refractivity contribution is 7.13. The van der Waals surface area contributed by atoms with E-state index in [4.69, 9.17) is 9.26 Å². The molecule has 2 heterocycles. The minimum absolute atomic E-state index is 0.116. The fourth-order valence-electron chi connectivity index (χ4n) is 2.85. The summed E-state index contributed by atoms with van der Waals surface area (Å²) >= 11 is 1.38. The molecule has 1 fully saturated rings. The van der Waals surface area contributed by atoms with Gasteiger partial charge in [-0.15, -0.1) is 11.3 Å². The Morgan fingerprint density at radius 1 is 1.40 bits per heavy atom. The van der Waals surface area contributed by atoms with E-state index in [9.17, 15) is 5.11 Å². The first-order valence-corrected chi connectivity index (χ1v) is 7.81. The predicted octanol–water partition coefficient (Wildman–Crippen LogP) is 3.77. The lowest BCUT2D eigenvalue weighted by molar-refractivity contribution is 0.0274. The summed E-state index contributed by atoms with van der Waals surface area (Å²) in [6.45, 7) is 0. The fraction of sp³-hybridized carbons (Fsp3) is 0.571. The molecule has 5 nitrogen and oxygen atoms in total. The maximum absolute atomic E-state index is 9.71. The zero-order chi connectivity index (χ0) is 13.9. The first kappa shape index (κ1) is 13.6. The molecular formula is C14H18N2O3S. The summed E-state index contributed by atoms with van der Waals surface area (Å²) in [5.74, 6) is 1.58. The van der Waals surface area contributed by atoms with Gasteiger partial charge in [-0.2, -0.15) is 4.98 Å². The number of hydrogen-bond donors (Lipinski definition) is 1. The summed E-state index contributed by atoms with van der Waals surface area (Å²) < 4.78 is 10.9. The maximum atomic E-state index is 9.71. The van der Waals surface area contributed by atoms with Crippen molar-refractivity contribution in [3.8, 4) is 16.5 Å². The first-order valence-electron chi connectivity index (χ1n) is 6.93. The summed E-state index contributed by atoms with van der Waals surface area (Å²) in [6, 6.07) is 1.62. The van der Waals surface area contributed by atoms with Gasteiger partial charge in [0.25, 0.3) is 5.89 Å². The van der Waals surface area contributed by atoms with Crippen LogP contribution in [0.4, 0.5) is 0 Å². The van der Waals surface area contributed by atoms with Gasteiger partial charge in [-0.05, 0) is 30.2 Å². The van der Waals surface area contributed by atoms with Gasteiger partial charge in [-0.1, -0.05) is 24.4 Å². The normalized spacial score (nSPS) is 18.2. The van der Waals surface area contributed by atoms with Gasteiger partial charge in [0, 0.05) is 7.11 Å². The number of methoxy groups -OCH3 is 1. The highest BCUT2D eigenvalue weighted by atomic mass is 32.1. The van der Waals surface area contributed by atoms with Crippen LogP contribution >= 0.6 is 11.3 Å². The molecule has 0 bridgehead atoms. The van der Waals surface area contributed by atoms with Crippen LogP contribution in [0.2, 0.25) is 0 Å². The number of ether oxygens (including phenoxy) is 1. The molecule has 0 aliphatic heterocycles. The van der Waals surface area contributed by atoms with Crippen LogP contribution in [0.5, 0.6) is 5.75 Å². The van der Waals surface area contributed by atoms with E-state index in [-0.39, 0.29) is 11.9 Å². The zero-order valence-electron chi connectivity index (χ0n) is 11.4. The Bertz CT molecular complexity index is 560. The Morgan fingerprint density at radius 2 is 2.20 bits per heavy atom. The lowest BCUT2D eigenvalue weighted by Crippen LogP contribution is -2.19. The molecule has 0 amide bonds. The lowest BCUT2D eigenvalue weighted by Gasteiger charge is -2.26. The molecule has 2 aromatic heterocycles. The Balaban J connectivity index is 1.82. The quantitative estimate of drug-likeness (QED) is 0.929. The van der Waals surface area contributed by atoms with Crippen molar-refractivity contribution in [3.05, 3.63) is 17.3 Å². The van der Waals surface area contributed by atoms with E-state index < -0.39 is 0 Å². The van der Waals surface area contributed by atoms with E-state index in [1.807, 2.05) is 0 Å². The van der Waals surface area contributed by atoms with E-state index >= 15 is 0 Å². The minimum Gasteiger partial charge on any atom is -0.506 e. The number of hydrogen-bond acceptors (Lipinski definition) is 6. The Hall–Kier alpha value is -1.40. The summed E-state index contributed by atoms with van der Waals surface area (Å²) in [7, 11) is 1.69. The van der Waals surface area contributed by atoms with Crippen LogP contribution in [-0.4, -0.2) is 22.4 Å². The van der Waals surface area contributed by atoms with Crippen LogP contribution in [0.15, 0.2) is 16.0 Å². The molecule has 0 aromatic carbocycles. The third kappa shape index (κ3) is 2.58. The van der Waals surface area contributed by atoms with Crippen molar-refractivity contribution in [2.75, 3.05) is 7.11 Å².